The molecule has 0 fully saturated rings. The summed E-state index contributed by atoms with van der Waals surface area (Å²) in [5.41, 5.74) is 8.19. The average molecular weight is 272 g/mol. The third kappa shape index (κ3) is 2.52. The average Bonchev–Trinajstić information content (AvgIpc) is 3.02. The van der Waals surface area contributed by atoms with Gasteiger partial charge in [0.25, 0.3) is 0 Å². The molecular weight excluding hydrogens is 256 g/mol. The number of aromatic nitrogens is 3. The second kappa shape index (κ2) is 5.50. The normalized spacial score (nSPS) is 11.2. The van der Waals surface area contributed by atoms with Crippen LogP contribution in [0.3, 0.4) is 0 Å². The molecule has 3 rings (SSSR count). The van der Waals surface area contributed by atoms with Gasteiger partial charge in [0.1, 0.15) is 5.82 Å². The Bertz CT molecular complexity index is 656. The van der Waals surface area contributed by atoms with Crippen LogP contribution in [-0.2, 0) is 19.3 Å². The molecule has 19 heavy (non-hydrogen) atoms. The second-order valence-electron chi connectivity index (χ2n) is 4.49. The lowest BCUT2D eigenvalue weighted by atomic mass is 10.1. The van der Waals surface area contributed by atoms with Crippen LogP contribution in [0.1, 0.15) is 17.1 Å². The zero-order chi connectivity index (χ0) is 13.1. The first-order valence-electron chi connectivity index (χ1n) is 6.43. The molecule has 0 spiro atoms. The number of benzene rings is 1. The van der Waals surface area contributed by atoms with Crippen molar-refractivity contribution in [2.75, 3.05) is 6.54 Å². The van der Waals surface area contributed by atoms with Crippen molar-refractivity contribution in [1.29, 1.82) is 0 Å². The maximum absolute atomic E-state index is 5.65. The largest absolute Gasteiger partial charge is 0.330 e. The summed E-state index contributed by atoms with van der Waals surface area (Å²) in [6.45, 7) is 0.655. The summed E-state index contributed by atoms with van der Waals surface area (Å²) in [4.78, 5) is 0.964. The molecule has 2 aromatic heterocycles. The summed E-state index contributed by atoms with van der Waals surface area (Å²) in [5.74, 6) is 1.03. The lowest BCUT2D eigenvalue weighted by molar-refractivity contribution is 0.808. The van der Waals surface area contributed by atoms with Gasteiger partial charge in [-0.2, -0.15) is 0 Å². The van der Waals surface area contributed by atoms with Crippen LogP contribution in [-0.4, -0.2) is 21.1 Å². The minimum atomic E-state index is 0.655. The minimum absolute atomic E-state index is 0.655. The molecule has 0 saturated heterocycles. The van der Waals surface area contributed by atoms with Crippen LogP contribution in [0.15, 0.2) is 35.7 Å². The van der Waals surface area contributed by atoms with Gasteiger partial charge in [0, 0.05) is 23.9 Å². The van der Waals surface area contributed by atoms with E-state index < -0.39 is 0 Å². The van der Waals surface area contributed by atoms with Gasteiger partial charge in [-0.3, -0.25) is 4.40 Å². The Labute approximate surface area is 115 Å². The highest BCUT2D eigenvalue weighted by Crippen LogP contribution is 2.17. The number of hydrogen-bond donors (Lipinski definition) is 1. The van der Waals surface area contributed by atoms with E-state index in [2.05, 4.69) is 44.2 Å². The van der Waals surface area contributed by atoms with Crippen molar-refractivity contribution in [2.24, 2.45) is 5.73 Å². The summed E-state index contributed by atoms with van der Waals surface area (Å²) < 4.78 is 2.15. The van der Waals surface area contributed by atoms with Crippen LogP contribution < -0.4 is 5.73 Å². The summed E-state index contributed by atoms with van der Waals surface area (Å²) in [7, 11) is 0. The Balaban J connectivity index is 1.82. The van der Waals surface area contributed by atoms with Crippen LogP contribution in [0.4, 0.5) is 0 Å². The highest BCUT2D eigenvalue weighted by molar-refractivity contribution is 7.15. The van der Waals surface area contributed by atoms with E-state index >= 15 is 0 Å². The van der Waals surface area contributed by atoms with E-state index in [1.807, 2.05) is 6.07 Å². The standard InChI is InChI=1S/C14H16N4S/c15-9-8-12-10-19-14-17-16-13(18(12)14)7-6-11-4-2-1-3-5-11/h1-5,10H,6-9,15H2. The molecule has 1 aromatic carbocycles. The number of thiazole rings is 1. The number of nitrogens with zero attached hydrogens (tertiary/aromatic N) is 3. The molecular formula is C14H16N4S. The summed E-state index contributed by atoms with van der Waals surface area (Å²) >= 11 is 1.63. The van der Waals surface area contributed by atoms with Crippen LogP contribution in [0.2, 0.25) is 0 Å². The van der Waals surface area contributed by atoms with Crippen LogP contribution >= 0.6 is 11.3 Å². The Morgan fingerprint density at radius 3 is 2.68 bits per heavy atom. The van der Waals surface area contributed by atoms with Crippen molar-refractivity contribution < 1.29 is 0 Å². The third-order valence-electron chi connectivity index (χ3n) is 3.17. The molecule has 0 unspecified atom stereocenters. The van der Waals surface area contributed by atoms with Gasteiger partial charge in [-0.05, 0) is 18.5 Å². The number of fused-ring (bicyclic) bond motifs is 1. The third-order valence-corrected chi connectivity index (χ3v) is 4.03. The van der Waals surface area contributed by atoms with Gasteiger partial charge in [0.05, 0.1) is 0 Å². The lowest BCUT2D eigenvalue weighted by Gasteiger charge is -2.02. The van der Waals surface area contributed by atoms with Gasteiger partial charge in [0.2, 0.25) is 4.96 Å². The van der Waals surface area contributed by atoms with Crippen molar-refractivity contribution in [3.63, 3.8) is 0 Å². The highest BCUT2D eigenvalue weighted by atomic mass is 32.1. The molecule has 98 valence electrons. The molecule has 0 aliphatic carbocycles. The van der Waals surface area contributed by atoms with Crippen molar-refractivity contribution in [2.45, 2.75) is 19.3 Å². The molecule has 5 heteroatoms. The first-order valence-corrected chi connectivity index (χ1v) is 7.31. The fraction of sp³-hybridized carbons (Fsp3) is 0.286. The maximum atomic E-state index is 5.65. The number of hydrogen-bond acceptors (Lipinski definition) is 4. The topological polar surface area (TPSA) is 56.2 Å². The molecule has 0 amide bonds. The van der Waals surface area contributed by atoms with Gasteiger partial charge in [-0.1, -0.05) is 30.3 Å². The van der Waals surface area contributed by atoms with E-state index in [0.29, 0.717) is 6.54 Å². The molecule has 3 aromatic rings. The van der Waals surface area contributed by atoms with Gasteiger partial charge in [-0.25, -0.2) is 0 Å². The molecule has 2 N–H and O–H groups in total. The van der Waals surface area contributed by atoms with Crippen molar-refractivity contribution in [3.05, 3.63) is 52.8 Å². The SMILES string of the molecule is NCCc1csc2nnc(CCc3ccccc3)n12. The lowest BCUT2D eigenvalue weighted by Crippen LogP contribution is -2.07. The fourth-order valence-corrected chi connectivity index (χ4v) is 3.10. The van der Waals surface area contributed by atoms with Gasteiger partial charge in [0.15, 0.2) is 0 Å². The Morgan fingerprint density at radius 2 is 1.89 bits per heavy atom. The number of nitrogens with two attached hydrogens (primary N) is 1. The molecule has 0 atom stereocenters. The Morgan fingerprint density at radius 1 is 1.05 bits per heavy atom. The van der Waals surface area contributed by atoms with E-state index in [-0.39, 0.29) is 0 Å². The molecule has 4 nitrogen and oxygen atoms in total. The Kier molecular flexibility index (Phi) is 3.57. The molecule has 2 heterocycles. The molecule has 0 aliphatic rings. The van der Waals surface area contributed by atoms with Crippen molar-refractivity contribution >= 4 is 16.3 Å². The quantitative estimate of drug-likeness (QED) is 0.773. The minimum Gasteiger partial charge on any atom is -0.330 e. The van der Waals surface area contributed by atoms with Gasteiger partial charge in [-0.15, -0.1) is 21.5 Å². The first-order chi connectivity index (χ1) is 9.38. The predicted molar refractivity (Wildman–Crippen MR) is 77.5 cm³/mol. The number of rotatable bonds is 5. The van der Waals surface area contributed by atoms with Crippen molar-refractivity contribution in [3.8, 4) is 0 Å². The molecule has 0 bridgehead atoms. The second-order valence-corrected chi connectivity index (χ2v) is 5.32. The monoisotopic (exact) mass is 272 g/mol. The predicted octanol–water partition coefficient (Wildman–Crippen LogP) is 2.08. The van der Waals surface area contributed by atoms with Crippen LogP contribution in [0.25, 0.3) is 4.96 Å². The van der Waals surface area contributed by atoms with Gasteiger partial charge < -0.3 is 5.73 Å². The Hall–Kier alpha value is -1.72. The summed E-state index contributed by atoms with van der Waals surface area (Å²) in [5, 5.41) is 10.6. The van der Waals surface area contributed by atoms with E-state index in [4.69, 9.17) is 5.73 Å². The van der Waals surface area contributed by atoms with E-state index in [0.717, 1.165) is 30.0 Å². The summed E-state index contributed by atoms with van der Waals surface area (Å²) in [6.07, 6.45) is 2.76. The highest BCUT2D eigenvalue weighted by Gasteiger charge is 2.11. The molecule has 0 aliphatic heterocycles. The zero-order valence-electron chi connectivity index (χ0n) is 10.6. The first kappa shape index (κ1) is 12.3. The zero-order valence-corrected chi connectivity index (χ0v) is 11.4. The van der Waals surface area contributed by atoms with E-state index in [1.165, 1.54) is 11.3 Å². The summed E-state index contributed by atoms with van der Waals surface area (Å²) in [6, 6.07) is 10.5. The van der Waals surface area contributed by atoms with E-state index in [1.54, 1.807) is 11.3 Å². The van der Waals surface area contributed by atoms with Crippen molar-refractivity contribution in [1.82, 2.24) is 14.6 Å². The smallest absolute Gasteiger partial charge is 0.216 e. The van der Waals surface area contributed by atoms with Crippen LogP contribution in [0.5, 0.6) is 0 Å². The molecule has 0 saturated carbocycles. The van der Waals surface area contributed by atoms with Gasteiger partial charge >= 0.3 is 0 Å². The van der Waals surface area contributed by atoms with E-state index in [9.17, 15) is 0 Å². The van der Waals surface area contributed by atoms with Crippen LogP contribution in [0, 0.1) is 0 Å². The maximum Gasteiger partial charge on any atom is 0.216 e. The number of aryl methyl sites for hydroxylation is 2. The molecule has 0 radical (unpaired) electrons. The fourth-order valence-electron chi connectivity index (χ4n) is 2.22.